The summed E-state index contributed by atoms with van der Waals surface area (Å²) in [6, 6.07) is 21.3. The van der Waals surface area contributed by atoms with Gasteiger partial charge in [-0.3, -0.25) is 4.79 Å². The van der Waals surface area contributed by atoms with Gasteiger partial charge in [-0.15, -0.1) is 0 Å². The quantitative estimate of drug-likeness (QED) is 0.602. The molecule has 0 aliphatic rings. The van der Waals surface area contributed by atoms with Gasteiger partial charge >= 0.3 is 5.97 Å². The van der Waals surface area contributed by atoms with E-state index in [1.54, 1.807) is 0 Å². The molecule has 0 heterocycles. The molecule has 0 unspecified atom stereocenters. The number of rotatable bonds is 9. The third-order valence-electron chi connectivity index (χ3n) is 5.07. The van der Waals surface area contributed by atoms with Crippen LogP contribution in [0.5, 0.6) is 0 Å². The number of ether oxygens (including phenoxy) is 1. The minimum absolute atomic E-state index is 0.132. The molecular weight excluding hydrogens is 322 g/mol. The Labute approximate surface area is 158 Å². The van der Waals surface area contributed by atoms with Crippen molar-refractivity contribution in [1.29, 1.82) is 0 Å². The normalized spacial score (nSPS) is 11.8. The highest BCUT2D eigenvalue weighted by Crippen LogP contribution is 2.29. The second-order valence-corrected chi connectivity index (χ2v) is 7.38. The third-order valence-corrected chi connectivity index (χ3v) is 5.07. The van der Waals surface area contributed by atoms with Gasteiger partial charge in [0.2, 0.25) is 0 Å². The molecule has 0 radical (unpaired) electrons. The van der Waals surface area contributed by atoms with E-state index < -0.39 is 0 Å². The van der Waals surface area contributed by atoms with Crippen molar-refractivity contribution in [2.45, 2.75) is 45.1 Å². The van der Waals surface area contributed by atoms with Crippen LogP contribution in [0.1, 0.15) is 50.7 Å². The fourth-order valence-corrected chi connectivity index (χ4v) is 3.22. The molecule has 0 fully saturated rings. The summed E-state index contributed by atoms with van der Waals surface area (Å²) in [5.74, 6) is 0.213. The molecule has 26 heavy (non-hydrogen) atoms. The molecule has 3 nitrogen and oxygen atoms in total. The molecule has 2 aromatic rings. The van der Waals surface area contributed by atoms with E-state index >= 15 is 0 Å². The summed E-state index contributed by atoms with van der Waals surface area (Å²) in [6.07, 6.45) is 1.40. The maximum Gasteiger partial charge on any atom is 0.307 e. The minimum atomic E-state index is -0.232. The summed E-state index contributed by atoms with van der Waals surface area (Å²) in [6.45, 7) is 7.39. The zero-order chi connectivity index (χ0) is 19.0. The molecule has 0 atom stereocenters. The lowest BCUT2D eigenvalue weighted by Gasteiger charge is -2.36. The van der Waals surface area contributed by atoms with E-state index in [1.807, 2.05) is 6.92 Å². The Hall–Kier alpha value is -2.13. The fourth-order valence-electron chi connectivity index (χ4n) is 3.22. The van der Waals surface area contributed by atoms with Crippen LogP contribution in [-0.4, -0.2) is 36.6 Å². The van der Waals surface area contributed by atoms with E-state index in [9.17, 15) is 4.79 Å². The van der Waals surface area contributed by atoms with Gasteiger partial charge in [-0.05, 0) is 51.9 Å². The van der Waals surface area contributed by atoms with E-state index in [0.29, 0.717) is 18.9 Å². The number of benzene rings is 2. The molecule has 3 heteroatoms. The summed E-state index contributed by atoms with van der Waals surface area (Å²) >= 11 is 0. The highest BCUT2D eigenvalue weighted by atomic mass is 16.5. The standard InChI is InChI=1S/C23H31NO2/c1-5-26-22(25)18-23(2,3)24(4)17-16-21(19-12-8-6-9-13-19)20-14-10-7-11-15-20/h6-15,21H,5,16-18H2,1-4H3. The molecule has 140 valence electrons. The van der Waals surface area contributed by atoms with Gasteiger partial charge in [-0.1, -0.05) is 60.7 Å². The molecular formula is C23H31NO2. The fraction of sp³-hybridized carbons (Fsp3) is 0.435. The average molecular weight is 354 g/mol. The number of carbonyl (C=O) groups is 1. The summed E-state index contributed by atoms with van der Waals surface area (Å²) in [7, 11) is 2.09. The lowest BCUT2D eigenvalue weighted by Crippen LogP contribution is -2.44. The van der Waals surface area contributed by atoms with Crippen molar-refractivity contribution in [2.75, 3.05) is 20.2 Å². The Kier molecular flexibility index (Phi) is 7.40. The first-order valence-electron chi connectivity index (χ1n) is 9.41. The van der Waals surface area contributed by atoms with Crippen LogP contribution in [0.4, 0.5) is 0 Å². The number of hydrogen-bond donors (Lipinski definition) is 0. The van der Waals surface area contributed by atoms with E-state index in [-0.39, 0.29) is 11.5 Å². The smallest absolute Gasteiger partial charge is 0.307 e. The highest BCUT2D eigenvalue weighted by Gasteiger charge is 2.28. The van der Waals surface area contributed by atoms with Crippen LogP contribution in [0.3, 0.4) is 0 Å². The van der Waals surface area contributed by atoms with E-state index in [1.165, 1.54) is 11.1 Å². The van der Waals surface area contributed by atoms with Crippen LogP contribution in [0.2, 0.25) is 0 Å². The van der Waals surface area contributed by atoms with Gasteiger partial charge in [0, 0.05) is 11.5 Å². The maximum absolute atomic E-state index is 11.9. The molecule has 0 saturated heterocycles. The number of hydrogen-bond acceptors (Lipinski definition) is 3. The van der Waals surface area contributed by atoms with E-state index in [0.717, 1.165) is 13.0 Å². The number of nitrogens with zero attached hydrogens (tertiary/aromatic N) is 1. The van der Waals surface area contributed by atoms with Gasteiger partial charge in [-0.2, -0.15) is 0 Å². The lowest BCUT2D eigenvalue weighted by molar-refractivity contribution is -0.145. The van der Waals surface area contributed by atoms with Crippen molar-refractivity contribution in [3.05, 3.63) is 71.8 Å². The number of esters is 1. The molecule has 0 N–H and O–H groups in total. The Morgan fingerprint density at radius 3 is 1.96 bits per heavy atom. The van der Waals surface area contributed by atoms with E-state index in [4.69, 9.17) is 4.74 Å². The molecule has 0 spiro atoms. The van der Waals surface area contributed by atoms with Crippen LogP contribution in [0.15, 0.2) is 60.7 Å². The zero-order valence-electron chi connectivity index (χ0n) is 16.4. The first-order valence-corrected chi connectivity index (χ1v) is 9.41. The molecule has 0 amide bonds. The highest BCUT2D eigenvalue weighted by molar-refractivity contribution is 5.70. The van der Waals surface area contributed by atoms with Crippen molar-refractivity contribution in [3.63, 3.8) is 0 Å². The van der Waals surface area contributed by atoms with E-state index in [2.05, 4.69) is 86.5 Å². The second-order valence-electron chi connectivity index (χ2n) is 7.38. The van der Waals surface area contributed by atoms with Crippen LogP contribution < -0.4 is 0 Å². The van der Waals surface area contributed by atoms with Gasteiger partial charge in [0.05, 0.1) is 13.0 Å². The average Bonchev–Trinajstić information content (AvgIpc) is 2.63. The summed E-state index contributed by atoms with van der Waals surface area (Å²) in [5.41, 5.74) is 2.43. The summed E-state index contributed by atoms with van der Waals surface area (Å²) in [4.78, 5) is 14.2. The predicted octanol–water partition coefficient (Wildman–Crippen LogP) is 4.87. The van der Waals surface area contributed by atoms with Crippen LogP contribution >= 0.6 is 0 Å². The molecule has 0 aliphatic carbocycles. The Balaban J connectivity index is 2.08. The Morgan fingerprint density at radius 1 is 1.00 bits per heavy atom. The van der Waals surface area contributed by atoms with Crippen molar-refractivity contribution >= 4 is 5.97 Å². The predicted molar refractivity (Wildman–Crippen MR) is 107 cm³/mol. The molecule has 2 rings (SSSR count). The van der Waals surface area contributed by atoms with Gasteiger partial charge in [0.15, 0.2) is 0 Å². The van der Waals surface area contributed by atoms with Gasteiger partial charge in [0.1, 0.15) is 0 Å². The zero-order valence-corrected chi connectivity index (χ0v) is 16.4. The van der Waals surface area contributed by atoms with Crippen molar-refractivity contribution in [1.82, 2.24) is 4.90 Å². The summed E-state index contributed by atoms with van der Waals surface area (Å²) in [5, 5.41) is 0. The molecule has 0 aliphatic heterocycles. The maximum atomic E-state index is 11.9. The third kappa shape index (κ3) is 5.70. The van der Waals surface area contributed by atoms with Gasteiger partial charge < -0.3 is 9.64 Å². The summed E-state index contributed by atoms with van der Waals surface area (Å²) < 4.78 is 5.13. The van der Waals surface area contributed by atoms with Crippen molar-refractivity contribution < 1.29 is 9.53 Å². The molecule has 2 aromatic carbocycles. The topological polar surface area (TPSA) is 29.5 Å². The lowest BCUT2D eigenvalue weighted by atomic mass is 9.87. The Morgan fingerprint density at radius 2 is 1.50 bits per heavy atom. The monoisotopic (exact) mass is 353 g/mol. The first kappa shape index (κ1) is 20.2. The van der Waals surface area contributed by atoms with Crippen LogP contribution in [0.25, 0.3) is 0 Å². The van der Waals surface area contributed by atoms with Gasteiger partial charge in [-0.25, -0.2) is 0 Å². The largest absolute Gasteiger partial charge is 0.466 e. The molecule has 0 bridgehead atoms. The first-order chi connectivity index (χ1) is 12.4. The van der Waals surface area contributed by atoms with Crippen LogP contribution in [-0.2, 0) is 9.53 Å². The molecule has 0 saturated carbocycles. The van der Waals surface area contributed by atoms with Crippen molar-refractivity contribution in [3.8, 4) is 0 Å². The number of carbonyl (C=O) groups excluding carboxylic acids is 1. The molecule has 0 aromatic heterocycles. The second kappa shape index (κ2) is 9.54. The SMILES string of the molecule is CCOC(=O)CC(C)(C)N(C)CCC(c1ccccc1)c1ccccc1. The Bertz CT molecular complexity index is 628. The van der Waals surface area contributed by atoms with Crippen LogP contribution in [0, 0.1) is 0 Å². The van der Waals surface area contributed by atoms with Gasteiger partial charge in [0.25, 0.3) is 0 Å². The van der Waals surface area contributed by atoms with Crippen molar-refractivity contribution in [2.24, 2.45) is 0 Å². The minimum Gasteiger partial charge on any atom is -0.466 e.